The minimum absolute atomic E-state index is 0.0148. The van der Waals surface area contributed by atoms with Crippen LogP contribution in [0.5, 0.6) is 23.3 Å². The summed E-state index contributed by atoms with van der Waals surface area (Å²) in [6.07, 6.45) is 2.87. The van der Waals surface area contributed by atoms with Crippen LogP contribution in [0.25, 0.3) is 5.57 Å². The Kier molecular flexibility index (Phi) is 6.09. The van der Waals surface area contributed by atoms with Gasteiger partial charge in [0, 0.05) is 23.5 Å². The molecule has 1 N–H and O–H groups in total. The van der Waals surface area contributed by atoms with Gasteiger partial charge in [-0.3, -0.25) is 0 Å². The molecule has 0 radical (unpaired) electrons. The molecule has 148 valence electrons. The van der Waals surface area contributed by atoms with Crippen LogP contribution in [0.3, 0.4) is 0 Å². The van der Waals surface area contributed by atoms with E-state index in [9.17, 15) is 9.90 Å². The van der Waals surface area contributed by atoms with Crippen LogP contribution >= 0.6 is 0 Å². The number of carboxylic acid groups (broad SMARTS) is 1. The van der Waals surface area contributed by atoms with Gasteiger partial charge in [-0.05, 0) is 37.6 Å². The van der Waals surface area contributed by atoms with Crippen LogP contribution in [0, 0.1) is 13.8 Å². The Hall–Kier alpha value is -3.87. The molecular weight excluding hydrogens is 372 g/mol. The summed E-state index contributed by atoms with van der Waals surface area (Å²) in [6, 6.07) is 14.0. The summed E-state index contributed by atoms with van der Waals surface area (Å²) in [5.41, 5.74) is 2.19. The zero-order valence-electron chi connectivity index (χ0n) is 16.2. The standard InChI is InChI=1S/C22H20N2O5/c1-14-12-23-22(24-15(14)2)29-17-8-6-7-16(11-17)28-20-10-5-4-9-18(20)19(13-27-3)21(25)26/h4-13H,1-3H3,(H,25,26)/b19-13+. The van der Waals surface area contributed by atoms with Gasteiger partial charge in [0.25, 0.3) is 0 Å². The monoisotopic (exact) mass is 392 g/mol. The van der Waals surface area contributed by atoms with Gasteiger partial charge in [-0.15, -0.1) is 0 Å². The van der Waals surface area contributed by atoms with E-state index >= 15 is 0 Å². The number of rotatable bonds is 7. The molecule has 2 aromatic carbocycles. The zero-order valence-corrected chi connectivity index (χ0v) is 16.2. The molecule has 3 aromatic rings. The van der Waals surface area contributed by atoms with Gasteiger partial charge < -0.3 is 19.3 Å². The molecule has 7 heteroatoms. The highest BCUT2D eigenvalue weighted by Crippen LogP contribution is 2.32. The summed E-state index contributed by atoms with van der Waals surface area (Å²) >= 11 is 0. The third kappa shape index (κ3) is 4.90. The third-order valence-corrected chi connectivity index (χ3v) is 4.09. The Morgan fingerprint density at radius 1 is 1.03 bits per heavy atom. The molecule has 0 unspecified atom stereocenters. The van der Waals surface area contributed by atoms with Crippen LogP contribution in [0.4, 0.5) is 0 Å². The van der Waals surface area contributed by atoms with E-state index in [0.717, 1.165) is 11.3 Å². The van der Waals surface area contributed by atoms with Crippen molar-refractivity contribution in [1.82, 2.24) is 9.97 Å². The Labute approximate surface area is 168 Å². The normalized spacial score (nSPS) is 11.1. The van der Waals surface area contributed by atoms with Crippen molar-refractivity contribution in [3.8, 4) is 23.3 Å². The second-order valence-electron chi connectivity index (χ2n) is 6.17. The Balaban J connectivity index is 1.87. The maximum absolute atomic E-state index is 11.6. The molecule has 0 aliphatic heterocycles. The molecule has 0 fully saturated rings. The highest BCUT2D eigenvalue weighted by atomic mass is 16.5. The second kappa shape index (κ2) is 8.88. The molecule has 0 saturated carbocycles. The first-order valence-electron chi connectivity index (χ1n) is 8.79. The minimum Gasteiger partial charge on any atom is -0.503 e. The lowest BCUT2D eigenvalue weighted by Crippen LogP contribution is -2.02. The highest BCUT2D eigenvalue weighted by molar-refractivity contribution is 6.15. The maximum atomic E-state index is 11.6. The summed E-state index contributed by atoms with van der Waals surface area (Å²) in [7, 11) is 1.39. The van der Waals surface area contributed by atoms with Crippen molar-refractivity contribution in [1.29, 1.82) is 0 Å². The summed E-state index contributed by atoms with van der Waals surface area (Å²) in [5, 5.41) is 9.46. The second-order valence-corrected chi connectivity index (χ2v) is 6.17. The molecule has 0 aliphatic rings. The predicted octanol–water partition coefficient (Wildman–Crippen LogP) is 4.75. The van der Waals surface area contributed by atoms with Crippen molar-refractivity contribution in [2.75, 3.05) is 7.11 Å². The lowest BCUT2D eigenvalue weighted by molar-refractivity contribution is -0.130. The number of benzene rings is 2. The van der Waals surface area contributed by atoms with Crippen molar-refractivity contribution >= 4 is 11.5 Å². The fraction of sp³-hybridized carbons (Fsp3) is 0.136. The first-order chi connectivity index (χ1) is 14.0. The van der Waals surface area contributed by atoms with Gasteiger partial charge >= 0.3 is 12.0 Å². The number of hydrogen-bond acceptors (Lipinski definition) is 6. The van der Waals surface area contributed by atoms with Crippen LogP contribution in [-0.4, -0.2) is 28.2 Å². The van der Waals surface area contributed by atoms with Crippen LogP contribution in [0.2, 0.25) is 0 Å². The molecule has 0 atom stereocenters. The average Bonchev–Trinajstić information content (AvgIpc) is 2.70. The van der Waals surface area contributed by atoms with E-state index < -0.39 is 5.97 Å². The lowest BCUT2D eigenvalue weighted by atomic mass is 10.1. The number of aromatic nitrogens is 2. The topological polar surface area (TPSA) is 90.8 Å². The summed E-state index contributed by atoms with van der Waals surface area (Å²) < 4.78 is 16.5. The van der Waals surface area contributed by atoms with Gasteiger partial charge in [-0.25, -0.2) is 9.78 Å². The molecule has 1 heterocycles. The van der Waals surface area contributed by atoms with Gasteiger partial charge in [-0.2, -0.15) is 4.98 Å². The Morgan fingerprint density at radius 2 is 1.76 bits per heavy atom. The van der Waals surface area contributed by atoms with Gasteiger partial charge in [0.2, 0.25) is 0 Å². The fourth-order valence-corrected chi connectivity index (χ4v) is 2.51. The van der Waals surface area contributed by atoms with Gasteiger partial charge in [-0.1, -0.05) is 24.3 Å². The van der Waals surface area contributed by atoms with Gasteiger partial charge in [0.05, 0.1) is 13.4 Å². The molecule has 29 heavy (non-hydrogen) atoms. The minimum atomic E-state index is -1.12. The summed E-state index contributed by atoms with van der Waals surface area (Å²) in [6.45, 7) is 3.81. The van der Waals surface area contributed by atoms with Crippen molar-refractivity contribution < 1.29 is 24.1 Å². The average molecular weight is 392 g/mol. The van der Waals surface area contributed by atoms with Crippen molar-refractivity contribution in [3.63, 3.8) is 0 Å². The number of ether oxygens (including phenoxy) is 3. The maximum Gasteiger partial charge on any atom is 0.339 e. The zero-order chi connectivity index (χ0) is 20.8. The number of aryl methyl sites for hydroxylation is 2. The molecule has 0 amide bonds. The molecular formula is C22H20N2O5. The third-order valence-electron chi connectivity index (χ3n) is 4.09. The SMILES string of the molecule is CO/C=C(/C(=O)O)c1ccccc1Oc1cccc(Oc2ncc(C)c(C)n2)c1. The van der Waals surface area contributed by atoms with Crippen LogP contribution in [0.15, 0.2) is 61.0 Å². The molecule has 7 nitrogen and oxygen atoms in total. The number of hydrogen-bond donors (Lipinski definition) is 1. The summed E-state index contributed by atoms with van der Waals surface area (Å²) in [5.74, 6) is 0.222. The van der Waals surface area contributed by atoms with Crippen LogP contribution in [0.1, 0.15) is 16.8 Å². The lowest BCUT2D eigenvalue weighted by Gasteiger charge is -2.12. The molecule has 1 aromatic heterocycles. The number of methoxy groups -OCH3 is 1. The largest absolute Gasteiger partial charge is 0.503 e. The Morgan fingerprint density at radius 3 is 2.45 bits per heavy atom. The van der Waals surface area contributed by atoms with E-state index in [0.29, 0.717) is 22.8 Å². The molecule has 3 rings (SSSR count). The predicted molar refractivity (Wildman–Crippen MR) is 107 cm³/mol. The van der Waals surface area contributed by atoms with E-state index in [-0.39, 0.29) is 11.6 Å². The number of carboxylic acids is 1. The Bertz CT molecular complexity index is 1060. The number of carbonyl (C=O) groups is 1. The highest BCUT2D eigenvalue weighted by Gasteiger charge is 2.16. The fourth-order valence-electron chi connectivity index (χ4n) is 2.51. The van der Waals surface area contributed by atoms with E-state index in [1.807, 2.05) is 13.8 Å². The van der Waals surface area contributed by atoms with E-state index in [4.69, 9.17) is 14.2 Å². The van der Waals surface area contributed by atoms with E-state index in [2.05, 4.69) is 9.97 Å². The van der Waals surface area contributed by atoms with Crippen molar-refractivity contribution in [2.24, 2.45) is 0 Å². The van der Waals surface area contributed by atoms with Crippen LogP contribution in [-0.2, 0) is 9.53 Å². The van der Waals surface area contributed by atoms with Crippen molar-refractivity contribution in [2.45, 2.75) is 13.8 Å². The quantitative estimate of drug-likeness (QED) is 0.458. The van der Waals surface area contributed by atoms with E-state index in [1.54, 1.807) is 54.7 Å². The number of nitrogens with zero attached hydrogens (tertiary/aromatic N) is 2. The smallest absolute Gasteiger partial charge is 0.339 e. The molecule has 0 bridgehead atoms. The number of aliphatic carboxylic acids is 1. The van der Waals surface area contributed by atoms with Gasteiger partial charge in [0.1, 0.15) is 22.8 Å². The molecule has 0 aliphatic carbocycles. The van der Waals surface area contributed by atoms with Crippen molar-refractivity contribution in [3.05, 3.63) is 77.8 Å². The summed E-state index contributed by atoms with van der Waals surface area (Å²) in [4.78, 5) is 20.0. The van der Waals surface area contributed by atoms with Gasteiger partial charge in [0.15, 0.2) is 0 Å². The number of para-hydroxylation sites is 1. The first kappa shape index (κ1) is 19.9. The first-order valence-corrected chi connectivity index (χ1v) is 8.79. The van der Waals surface area contributed by atoms with E-state index in [1.165, 1.54) is 13.4 Å². The van der Waals surface area contributed by atoms with Crippen LogP contribution < -0.4 is 9.47 Å². The molecule has 0 saturated heterocycles. The molecule has 0 spiro atoms.